The summed E-state index contributed by atoms with van der Waals surface area (Å²) in [5, 5.41) is 1.00. The van der Waals surface area contributed by atoms with Crippen LogP contribution >= 0.6 is 11.3 Å². The number of amides is 1. The molecule has 0 radical (unpaired) electrons. The minimum absolute atomic E-state index is 0.115. The molecule has 0 unspecified atom stereocenters. The summed E-state index contributed by atoms with van der Waals surface area (Å²) in [5.41, 5.74) is 5.28. The summed E-state index contributed by atoms with van der Waals surface area (Å²) in [6.07, 6.45) is 0. The van der Waals surface area contributed by atoms with Gasteiger partial charge in [0, 0.05) is 31.7 Å². The molecule has 2 heterocycles. The zero-order valence-corrected chi connectivity index (χ0v) is 17.6. The van der Waals surface area contributed by atoms with Gasteiger partial charge in [-0.2, -0.15) is 0 Å². The molecule has 2 aromatic carbocycles. The van der Waals surface area contributed by atoms with Crippen LogP contribution in [0.4, 0.5) is 5.13 Å². The number of fused-ring (bicyclic) bond motifs is 1. The van der Waals surface area contributed by atoms with Crippen LogP contribution in [0.15, 0.2) is 30.3 Å². The molecule has 1 aliphatic rings. The summed E-state index contributed by atoms with van der Waals surface area (Å²) < 4.78 is 6.64. The summed E-state index contributed by atoms with van der Waals surface area (Å²) in [4.78, 5) is 21.9. The number of ether oxygens (including phenoxy) is 1. The van der Waals surface area contributed by atoms with Gasteiger partial charge in [0.15, 0.2) is 5.13 Å². The van der Waals surface area contributed by atoms with E-state index in [2.05, 4.69) is 24.8 Å². The molecule has 1 aliphatic heterocycles. The Morgan fingerprint density at radius 2 is 1.71 bits per heavy atom. The second-order valence-electron chi connectivity index (χ2n) is 7.34. The lowest BCUT2D eigenvalue weighted by Gasteiger charge is -2.34. The number of aryl methyl sites for hydroxylation is 3. The Kier molecular flexibility index (Phi) is 4.98. The third kappa shape index (κ3) is 3.33. The summed E-state index contributed by atoms with van der Waals surface area (Å²) in [5.74, 6) is 0.927. The smallest absolute Gasteiger partial charge is 0.253 e. The van der Waals surface area contributed by atoms with E-state index in [4.69, 9.17) is 9.72 Å². The van der Waals surface area contributed by atoms with E-state index < -0.39 is 0 Å². The molecular weight excluding hydrogens is 370 g/mol. The van der Waals surface area contributed by atoms with Gasteiger partial charge in [-0.3, -0.25) is 4.79 Å². The molecule has 1 saturated heterocycles. The minimum Gasteiger partial charge on any atom is -0.494 e. The fraction of sp³-hybridized carbons (Fsp3) is 0.364. The van der Waals surface area contributed by atoms with E-state index in [1.807, 2.05) is 36.1 Å². The SMILES string of the molecule is COc1ccc(C)c2sc(N3CCN(C(=O)c4ccc(C)c(C)c4)CC3)nc12. The second kappa shape index (κ2) is 7.43. The molecular formula is C22H25N3O2S. The lowest BCUT2D eigenvalue weighted by molar-refractivity contribution is 0.0746. The van der Waals surface area contributed by atoms with E-state index in [-0.39, 0.29) is 5.91 Å². The molecule has 0 atom stereocenters. The largest absolute Gasteiger partial charge is 0.494 e. The number of thiazole rings is 1. The van der Waals surface area contributed by atoms with Crippen LogP contribution in [-0.4, -0.2) is 49.1 Å². The van der Waals surface area contributed by atoms with Crippen molar-refractivity contribution in [2.75, 3.05) is 38.2 Å². The molecule has 146 valence electrons. The van der Waals surface area contributed by atoms with Crippen LogP contribution in [0.3, 0.4) is 0 Å². The Balaban J connectivity index is 1.49. The van der Waals surface area contributed by atoms with Crippen molar-refractivity contribution in [2.45, 2.75) is 20.8 Å². The first-order valence-corrected chi connectivity index (χ1v) is 10.3. The van der Waals surface area contributed by atoms with Crippen molar-refractivity contribution >= 4 is 32.6 Å². The number of carbonyl (C=O) groups is 1. The highest BCUT2D eigenvalue weighted by molar-refractivity contribution is 7.22. The number of piperazine rings is 1. The number of hydrogen-bond donors (Lipinski definition) is 0. The molecule has 4 rings (SSSR count). The zero-order valence-electron chi connectivity index (χ0n) is 16.8. The van der Waals surface area contributed by atoms with Gasteiger partial charge in [0.1, 0.15) is 11.3 Å². The summed E-state index contributed by atoms with van der Waals surface area (Å²) in [7, 11) is 1.68. The van der Waals surface area contributed by atoms with Gasteiger partial charge in [0.05, 0.1) is 11.8 Å². The van der Waals surface area contributed by atoms with Crippen molar-refractivity contribution in [1.82, 2.24) is 9.88 Å². The van der Waals surface area contributed by atoms with Crippen LogP contribution in [-0.2, 0) is 0 Å². The fourth-order valence-electron chi connectivity index (χ4n) is 3.56. The molecule has 0 bridgehead atoms. The van der Waals surface area contributed by atoms with Crippen LogP contribution in [0.5, 0.6) is 5.75 Å². The fourth-order valence-corrected chi connectivity index (χ4v) is 4.66. The third-order valence-electron chi connectivity index (χ3n) is 5.50. The van der Waals surface area contributed by atoms with Crippen molar-refractivity contribution in [3.8, 4) is 5.75 Å². The predicted octanol–water partition coefficient (Wildman–Crippen LogP) is 4.19. The van der Waals surface area contributed by atoms with Crippen molar-refractivity contribution in [2.24, 2.45) is 0 Å². The topological polar surface area (TPSA) is 45.7 Å². The van der Waals surface area contributed by atoms with E-state index >= 15 is 0 Å². The lowest BCUT2D eigenvalue weighted by atomic mass is 10.1. The predicted molar refractivity (Wildman–Crippen MR) is 115 cm³/mol. The van der Waals surface area contributed by atoms with Gasteiger partial charge < -0.3 is 14.5 Å². The Labute approximate surface area is 169 Å². The van der Waals surface area contributed by atoms with Crippen molar-refractivity contribution in [3.63, 3.8) is 0 Å². The van der Waals surface area contributed by atoms with Crippen molar-refractivity contribution < 1.29 is 9.53 Å². The molecule has 1 amide bonds. The van der Waals surface area contributed by atoms with Gasteiger partial charge in [-0.05, 0) is 55.7 Å². The molecule has 0 N–H and O–H groups in total. The van der Waals surface area contributed by atoms with Crippen molar-refractivity contribution in [3.05, 3.63) is 52.6 Å². The monoisotopic (exact) mass is 395 g/mol. The number of anilines is 1. The van der Waals surface area contributed by atoms with Gasteiger partial charge in [0.2, 0.25) is 0 Å². The van der Waals surface area contributed by atoms with Gasteiger partial charge in [-0.15, -0.1) is 0 Å². The molecule has 5 nitrogen and oxygen atoms in total. The van der Waals surface area contributed by atoms with Gasteiger partial charge in [-0.25, -0.2) is 4.98 Å². The van der Waals surface area contributed by atoms with Gasteiger partial charge in [-0.1, -0.05) is 23.5 Å². The standard InChI is InChI=1S/C22H25N3O2S/c1-14-5-7-17(13-16(14)3)21(26)24-9-11-25(12-10-24)22-23-19-18(27-4)8-6-15(2)20(19)28-22/h5-8,13H,9-12H2,1-4H3. The number of hydrogen-bond acceptors (Lipinski definition) is 5. The van der Waals surface area contributed by atoms with Crippen LogP contribution < -0.4 is 9.64 Å². The number of nitrogens with zero attached hydrogens (tertiary/aromatic N) is 3. The summed E-state index contributed by atoms with van der Waals surface area (Å²) in [6, 6.07) is 9.99. The molecule has 6 heteroatoms. The number of benzene rings is 2. The Morgan fingerprint density at radius 1 is 1.00 bits per heavy atom. The van der Waals surface area contributed by atoms with Crippen LogP contribution in [0.1, 0.15) is 27.0 Å². The first-order valence-electron chi connectivity index (χ1n) is 9.53. The minimum atomic E-state index is 0.115. The normalized spacial score (nSPS) is 14.6. The maximum Gasteiger partial charge on any atom is 0.253 e. The number of methoxy groups -OCH3 is 1. The number of aromatic nitrogens is 1. The van der Waals surface area contributed by atoms with Crippen molar-refractivity contribution in [1.29, 1.82) is 0 Å². The molecule has 0 aliphatic carbocycles. The Bertz CT molecular complexity index is 1040. The molecule has 0 saturated carbocycles. The van der Waals surface area contributed by atoms with E-state index in [9.17, 15) is 4.79 Å². The van der Waals surface area contributed by atoms with E-state index in [1.165, 1.54) is 15.8 Å². The second-order valence-corrected chi connectivity index (χ2v) is 8.31. The number of carbonyl (C=O) groups excluding carboxylic acids is 1. The molecule has 1 fully saturated rings. The van der Waals surface area contributed by atoms with E-state index in [1.54, 1.807) is 18.4 Å². The summed E-state index contributed by atoms with van der Waals surface area (Å²) in [6.45, 7) is 9.21. The highest BCUT2D eigenvalue weighted by Crippen LogP contribution is 2.36. The van der Waals surface area contributed by atoms with E-state index in [0.717, 1.165) is 40.6 Å². The zero-order chi connectivity index (χ0) is 19.8. The highest BCUT2D eigenvalue weighted by Gasteiger charge is 2.24. The Morgan fingerprint density at radius 3 is 2.39 bits per heavy atom. The highest BCUT2D eigenvalue weighted by atomic mass is 32.1. The average molecular weight is 396 g/mol. The summed E-state index contributed by atoms with van der Waals surface area (Å²) >= 11 is 1.70. The average Bonchev–Trinajstić information content (AvgIpc) is 3.16. The molecule has 1 aromatic heterocycles. The molecule has 3 aromatic rings. The number of rotatable bonds is 3. The maximum atomic E-state index is 12.9. The van der Waals surface area contributed by atoms with Crippen LogP contribution in [0, 0.1) is 20.8 Å². The first kappa shape index (κ1) is 18.7. The molecule has 28 heavy (non-hydrogen) atoms. The van der Waals surface area contributed by atoms with Crippen LogP contribution in [0.25, 0.3) is 10.2 Å². The lowest BCUT2D eigenvalue weighted by Crippen LogP contribution is -2.48. The van der Waals surface area contributed by atoms with Gasteiger partial charge >= 0.3 is 0 Å². The van der Waals surface area contributed by atoms with E-state index in [0.29, 0.717) is 13.1 Å². The third-order valence-corrected chi connectivity index (χ3v) is 6.75. The van der Waals surface area contributed by atoms with Gasteiger partial charge in [0.25, 0.3) is 5.91 Å². The quantitative estimate of drug-likeness (QED) is 0.667. The maximum absolute atomic E-state index is 12.9. The first-order chi connectivity index (χ1) is 13.5. The molecule has 0 spiro atoms. The van der Waals surface area contributed by atoms with Crippen LogP contribution in [0.2, 0.25) is 0 Å². The Hall–Kier alpha value is -2.60.